The van der Waals surface area contributed by atoms with Gasteiger partial charge in [0.05, 0.1) is 11.0 Å². The molecule has 0 aliphatic heterocycles. The van der Waals surface area contributed by atoms with Crippen LogP contribution in [0.5, 0.6) is 0 Å². The van der Waals surface area contributed by atoms with Crippen molar-refractivity contribution in [3.8, 4) is 0 Å². The number of carbonyl (C=O) groups excluding carboxylic acids is 1. The van der Waals surface area contributed by atoms with Gasteiger partial charge in [0.25, 0.3) is 0 Å². The lowest BCUT2D eigenvalue weighted by Crippen LogP contribution is -2.26. The average Bonchev–Trinajstić information content (AvgIpc) is 2.39. The lowest BCUT2D eigenvalue weighted by molar-refractivity contribution is -0.120. The largest absolute Gasteiger partial charge is 0.504 e. The van der Waals surface area contributed by atoms with Crippen LogP contribution in [0.15, 0.2) is 53.3 Å². The van der Waals surface area contributed by atoms with E-state index in [1.165, 1.54) is 0 Å². The predicted octanol–water partition coefficient (Wildman–Crippen LogP) is 3.51. The van der Waals surface area contributed by atoms with E-state index in [-0.39, 0.29) is 16.6 Å². The summed E-state index contributed by atoms with van der Waals surface area (Å²) in [6.45, 7) is 0. The molecule has 0 spiro atoms. The Morgan fingerprint density at radius 1 is 1.06 bits per heavy atom. The molecule has 0 bridgehead atoms. The molecule has 1 aliphatic carbocycles. The van der Waals surface area contributed by atoms with Crippen LogP contribution in [0.2, 0.25) is 0 Å². The van der Waals surface area contributed by atoms with Crippen LogP contribution in [-0.4, -0.2) is 10.9 Å². The second kappa shape index (κ2) is 3.60. The van der Waals surface area contributed by atoms with E-state index in [4.69, 9.17) is 11.6 Å². The SMILES string of the molecule is O=C1C(O)=C(Cl)C1c1cccc2ccccc12. The first kappa shape index (κ1) is 10.4. The third kappa shape index (κ3) is 1.38. The average molecular weight is 245 g/mol. The topological polar surface area (TPSA) is 37.3 Å². The molecular formula is C14H9ClO2. The van der Waals surface area contributed by atoms with Crippen LogP contribution < -0.4 is 0 Å². The second-order valence-electron chi connectivity index (χ2n) is 4.06. The molecule has 84 valence electrons. The monoisotopic (exact) mass is 244 g/mol. The van der Waals surface area contributed by atoms with E-state index in [9.17, 15) is 9.90 Å². The summed E-state index contributed by atoms with van der Waals surface area (Å²) in [6, 6.07) is 13.6. The quantitative estimate of drug-likeness (QED) is 0.834. The number of Topliss-reactive ketones (excluding diaryl/α,β-unsaturated/α-hetero) is 1. The highest BCUT2D eigenvalue weighted by Gasteiger charge is 2.40. The Bertz CT molecular complexity index is 653. The van der Waals surface area contributed by atoms with Crippen molar-refractivity contribution >= 4 is 28.2 Å². The van der Waals surface area contributed by atoms with Gasteiger partial charge in [-0.3, -0.25) is 4.79 Å². The van der Waals surface area contributed by atoms with E-state index >= 15 is 0 Å². The summed E-state index contributed by atoms with van der Waals surface area (Å²) in [5.74, 6) is -1.10. The maximum Gasteiger partial charge on any atom is 0.211 e. The van der Waals surface area contributed by atoms with Crippen LogP contribution in [0, 0.1) is 0 Å². The molecule has 0 fully saturated rings. The van der Waals surface area contributed by atoms with Crippen molar-refractivity contribution in [1.29, 1.82) is 0 Å². The van der Waals surface area contributed by atoms with Gasteiger partial charge in [-0.05, 0) is 16.3 Å². The van der Waals surface area contributed by atoms with Gasteiger partial charge in [-0.2, -0.15) is 0 Å². The molecule has 2 nitrogen and oxygen atoms in total. The number of fused-ring (bicyclic) bond motifs is 1. The molecule has 1 N–H and O–H groups in total. The van der Waals surface area contributed by atoms with Gasteiger partial charge in [0.1, 0.15) is 0 Å². The van der Waals surface area contributed by atoms with Crippen molar-refractivity contribution in [3.05, 3.63) is 58.8 Å². The van der Waals surface area contributed by atoms with E-state index in [0.29, 0.717) is 0 Å². The molecule has 2 aromatic carbocycles. The van der Waals surface area contributed by atoms with Gasteiger partial charge in [-0.15, -0.1) is 0 Å². The molecule has 0 saturated carbocycles. The Morgan fingerprint density at radius 3 is 2.53 bits per heavy atom. The fourth-order valence-electron chi connectivity index (χ4n) is 2.21. The molecule has 17 heavy (non-hydrogen) atoms. The zero-order valence-corrected chi connectivity index (χ0v) is 9.61. The lowest BCUT2D eigenvalue weighted by atomic mass is 9.82. The molecule has 1 atom stereocenters. The molecule has 0 aromatic heterocycles. The summed E-state index contributed by atoms with van der Waals surface area (Å²) in [7, 11) is 0. The predicted molar refractivity (Wildman–Crippen MR) is 67.2 cm³/mol. The minimum atomic E-state index is -0.497. The fraction of sp³-hybridized carbons (Fsp3) is 0.0714. The number of hydrogen-bond donors (Lipinski definition) is 1. The molecule has 3 rings (SSSR count). The Labute approximate surface area is 103 Å². The van der Waals surface area contributed by atoms with Crippen LogP contribution >= 0.6 is 11.6 Å². The Hall–Kier alpha value is -1.80. The highest BCUT2D eigenvalue weighted by Crippen LogP contribution is 2.42. The molecule has 3 heteroatoms. The molecular weight excluding hydrogens is 236 g/mol. The van der Waals surface area contributed by atoms with E-state index in [2.05, 4.69) is 0 Å². The van der Waals surface area contributed by atoms with Crippen LogP contribution in [0.25, 0.3) is 10.8 Å². The summed E-state index contributed by atoms with van der Waals surface area (Å²) in [6.07, 6.45) is 0. The summed E-state index contributed by atoms with van der Waals surface area (Å²) in [5.41, 5.74) is 0.857. The smallest absolute Gasteiger partial charge is 0.211 e. The van der Waals surface area contributed by atoms with Crippen molar-refractivity contribution in [2.24, 2.45) is 0 Å². The number of hydrogen-bond acceptors (Lipinski definition) is 2. The van der Waals surface area contributed by atoms with Crippen molar-refractivity contribution in [3.63, 3.8) is 0 Å². The molecule has 0 saturated heterocycles. The molecule has 0 amide bonds. The third-order valence-electron chi connectivity index (χ3n) is 3.11. The molecule has 0 radical (unpaired) electrons. The van der Waals surface area contributed by atoms with E-state index in [0.717, 1.165) is 16.3 Å². The second-order valence-corrected chi connectivity index (χ2v) is 4.47. The maximum absolute atomic E-state index is 11.6. The maximum atomic E-state index is 11.6. The van der Waals surface area contributed by atoms with Gasteiger partial charge < -0.3 is 5.11 Å². The van der Waals surface area contributed by atoms with Crippen LogP contribution in [0.1, 0.15) is 11.5 Å². The van der Waals surface area contributed by atoms with Crippen molar-refractivity contribution in [2.45, 2.75) is 5.92 Å². The summed E-state index contributed by atoms with van der Waals surface area (Å²) >= 11 is 5.90. The van der Waals surface area contributed by atoms with Crippen molar-refractivity contribution in [2.75, 3.05) is 0 Å². The van der Waals surface area contributed by atoms with E-state index < -0.39 is 5.92 Å². The number of halogens is 1. The van der Waals surface area contributed by atoms with Crippen molar-refractivity contribution < 1.29 is 9.90 Å². The van der Waals surface area contributed by atoms with E-state index in [1.54, 1.807) is 0 Å². The number of aliphatic hydroxyl groups is 1. The third-order valence-corrected chi connectivity index (χ3v) is 3.51. The molecule has 1 unspecified atom stereocenters. The normalized spacial score (nSPS) is 19.6. The summed E-state index contributed by atoms with van der Waals surface area (Å²) in [5, 5.41) is 11.6. The van der Waals surface area contributed by atoms with Gasteiger partial charge in [0.2, 0.25) is 5.78 Å². The Balaban J connectivity index is 2.23. The molecule has 2 aromatic rings. The number of carbonyl (C=O) groups is 1. The first-order valence-electron chi connectivity index (χ1n) is 5.30. The highest BCUT2D eigenvalue weighted by molar-refractivity contribution is 6.39. The molecule has 0 heterocycles. The zero-order valence-electron chi connectivity index (χ0n) is 8.85. The Morgan fingerprint density at radius 2 is 1.76 bits per heavy atom. The van der Waals surface area contributed by atoms with Gasteiger partial charge in [0, 0.05) is 0 Å². The minimum Gasteiger partial charge on any atom is -0.504 e. The number of ketones is 1. The Kier molecular flexibility index (Phi) is 2.20. The molecule has 1 aliphatic rings. The summed E-state index contributed by atoms with van der Waals surface area (Å²) in [4.78, 5) is 11.6. The zero-order chi connectivity index (χ0) is 12.0. The standard InChI is InChI=1S/C14H9ClO2/c15-12-11(13(16)14(12)17)10-7-3-5-8-4-1-2-6-9(8)10/h1-7,11,17H. The minimum absolute atomic E-state index is 0.242. The highest BCUT2D eigenvalue weighted by atomic mass is 35.5. The lowest BCUT2D eigenvalue weighted by Gasteiger charge is -2.25. The van der Waals surface area contributed by atoms with Gasteiger partial charge >= 0.3 is 0 Å². The summed E-state index contributed by atoms with van der Waals surface area (Å²) < 4.78 is 0. The first-order chi connectivity index (χ1) is 8.20. The first-order valence-corrected chi connectivity index (χ1v) is 5.68. The van der Waals surface area contributed by atoms with E-state index in [1.807, 2.05) is 42.5 Å². The number of allylic oxidation sites excluding steroid dienone is 2. The van der Waals surface area contributed by atoms with Crippen LogP contribution in [-0.2, 0) is 4.79 Å². The number of benzene rings is 2. The van der Waals surface area contributed by atoms with Gasteiger partial charge in [0.15, 0.2) is 5.76 Å². The number of rotatable bonds is 1. The number of aliphatic hydroxyl groups excluding tert-OH is 1. The van der Waals surface area contributed by atoms with Gasteiger partial charge in [-0.1, -0.05) is 54.1 Å². The van der Waals surface area contributed by atoms with Gasteiger partial charge in [-0.25, -0.2) is 0 Å². The van der Waals surface area contributed by atoms with Crippen LogP contribution in [0.3, 0.4) is 0 Å². The van der Waals surface area contributed by atoms with Crippen molar-refractivity contribution in [1.82, 2.24) is 0 Å². The fourth-order valence-corrected chi connectivity index (χ4v) is 2.52. The van der Waals surface area contributed by atoms with Crippen LogP contribution in [0.4, 0.5) is 0 Å².